The molecule has 2 aliphatic rings. The fraction of sp³-hybridized carbons (Fsp3) is 0.600. The summed E-state index contributed by atoms with van der Waals surface area (Å²) < 4.78 is 11.4. The minimum absolute atomic E-state index is 0. The normalized spacial score (nSPS) is 21.9. The van der Waals surface area contributed by atoms with E-state index < -0.39 is 5.97 Å². The van der Waals surface area contributed by atoms with E-state index in [0.717, 1.165) is 56.8 Å². The van der Waals surface area contributed by atoms with Crippen molar-refractivity contribution in [2.45, 2.75) is 51.5 Å². The number of benzene rings is 1. The van der Waals surface area contributed by atoms with Crippen molar-refractivity contribution in [2.24, 2.45) is 11.8 Å². The summed E-state index contributed by atoms with van der Waals surface area (Å²) in [5.74, 6) is 0.900. The Morgan fingerprint density at radius 2 is 1.82 bits per heavy atom. The molecule has 1 saturated heterocycles. The fourth-order valence-electron chi connectivity index (χ4n) is 4.36. The van der Waals surface area contributed by atoms with Crippen molar-refractivity contribution in [3.8, 4) is 11.5 Å². The maximum Gasteiger partial charge on any atom is 1.00 e. The molecule has 8 heteroatoms. The molecular formula is C25H35N2NaO5. The van der Waals surface area contributed by atoms with Crippen LogP contribution in [0, 0.1) is 11.8 Å². The second kappa shape index (κ2) is 14.0. The van der Waals surface area contributed by atoms with Crippen LogP contribution in [0.1, 0.15) is 51.0 Å². The molecule has 1 aliphatic heterocycles. The molecule has 0 unspecified atom stereocenters. The van der Waals surface area contributed by atoms with Crippen molar-refractivity contribution < 1.29 is 53.7 Å². The molecular weight excluding hydrogens is 431 g/mol. The van der Waals surface area contributed by atoms with E-state index >= 15 is 0 Å². The number of piperidine rings is 1. The van der Waals surface area contributed by atoms with Crippen molar-refractivity contribution in [3.05, 3.63) is 35.2 Å². The van der Waals surface area contributed by atoms with Crippen LogP contribution in [0.25, 0.3) is 11.4 Å². The molecule has 1 N–H and O–H groups in total. The van der Waals surface area contributed by atoms with Gasteiger partial charge in [0.25, 0.3) is 0 Å². The van der Waals surface area contributed by atoms with E-state index in [1.54, 1.807) is 13.2 Å². The number of hydrogen-bond acceptors (Lipinski definition) is 5. The van der Waals surface area contributed by atoms with Crippen molar-refractivity contribution in [1.82, 2.24) is 4.90 Å². The van der Waals surface area contributed by atoms with Gasteiger partial charge in [0.1, 0.15) is 6.61 Å². The van der Waals surface area contributed by atoms with Crippen LogP contribution in [0.4, 0.5) is 0 Å². The average Bonchev–Trinajstić information content (AvgIpc) is 2.80. The van der Waals surface area contributed by atoms with Gasteiger partial charge in [0.2, 0.25) is 0 Å². The first kappa shape index (κ1) is 27.7. The van der Waals surface area contributed by atoms with Crippen LogP contribution in [0.3, 0.4) is 0 Å². The summed E-state index contributed by atoms with van der Waals surface area (Å²) in [4.78, 5) is 25.5. The molecule has 176 valence electrons. The number of amides is 1. The van der Waals surface area contributed by atoms with Crippen LogP contribution in [-0.2, 0) is 9.59 Å². The molecule has 0 atom stereocenters. The summed E-state index contributed by atoms with van der Waals surface area (Å²) in [6.45, 7) is 5.05. The number of likely N-dealkylation sites (tertiary alicyclic amines) is 1. The molecule has 33 heavy (non-hydrogen) atoms. The van der Waals surface area contributed by atoms with Gasteiger partial charge in [0.15, 0.2) is 11.5 Å². The first-order valence-corrected chi connectivity index (χ1v) is 11.6. The minimum Gasteiger partial charge on any atom is -0.647 e. The first-order chi connectivity index (χ1) is 15.4. The van der Waals surface area contributed by atoms with Crippen LogP contribution in [0.2, 0.25) is 0 Å². The number of carbonyl (C=O) groups excluding carboxylic acids is 1. The van der Waals surface area contributed by atoms with Crippen LogP contribution < -0.4 is 39.0 Å². The molecule has 2 fully saturated rings. The van der Waals surface area contributed by atoms with Crippen LogP contribution in [0.15, 0.2) is 24.3 Å². The van der Waals surface area contributed by atoms with Gasteiger partial charge in [-0.1, -0.05) is 44.7 Å². The molecule has 0 spiro atoms. The predicted molar refractivity (Wildman–Crippen MR) is 124 cm³/mol. The monoisotopic (exact) mass is 466 g/mol. The van der Waals surface area contributed by atoms with Gasteiger partial charge >= 0.3 is 35.5 Å². The average molecular weight is 467 g/mol. The van der Waals surface area contributed by atoms with Gasteiger partial charge in [-0.15, -0.1) is 6.04 Å². The van der Waals surface area contributed by atoms with Gasteiger partial charge in [-0.3, -0.25) is 9.69 Å². The number of rotatable bonds is 9. The zero-order valence-corrected chi connectivity index (χ0v) is 22.2. The third-order valence-corrected chi connectivity index (χ3v) is 6.50. The molecule has 0 radical (unpaired) electrons. The predicted octanol–water partition coefficient (Wildman–Crippen LogP) is 1.37. The molecule has 3 rings (SSSR count). The zero-order valence-electron chi connectivity index (χ0n) is 20.2. The zero-order chi connectivity index (χ0) is 22.9. The van der Waals surface area contributed by atoms with Gasteiger partial charge < -0.3 is 24.7 Å². The third-order valence-electron chi connectivity index (χ3n) is 6.50. The number of aliphatic carboxylic acids is 1. The Hall–Kier alpha value is -1.54. The fourth-order valence-corrected chi connectivity index (χ4v) is 4.36. The molecule has 7 nitrogen and oxygen atoms in total. The summed E-state index contributed by atoms with van der Waals surface area (Å²) in [7, 11) is 1.59. The van der Waals surface area contributed by atoms with E-state index in [9.17, 15) is 9.59 Å². The number of methoxy groups -OCH3 is 1. The number of carboxylic acid groups (broad SMARTS) is 1. The summed E-state index contributed by atoms with van der Waals surface area (Å²) in [5, 5.41) is 13.4. The van der Waals surface area contributed by atoms with Crippen molar-refractivity contribution in [3.63, 3.8) is 0 Å². The van der Waals surface area contributed by atoms with Gasteiger partial charge in [-0.25, -0.2) is 0 Å². The summed E-state index contributed by atoms with van der Waals surface area (Å²) in [6.07, 6.45) is 8.94. The summed E-state index contributed by atoms with van der Waals surface area (Å²) in [5.41, 5.74) is 0.853. The van der Waals surface area contributed by atoms with E-state index in [2.05, 4.69) is 17.1 Å². The van der Waals surface area contributed by atoms with Gasteiger partial charge in [-0.2, -0.15) is 0 Å². The standard InChI is InChI=1S/C25H36N2O5.Na/c1-18-3-7-21(8-4-18)26-24(28)10-6-19-5-9-22(23(17-19)31-2)32-16-15-27-13-11-20(12-14-27)25(29)30;/h5-6,9-10,17-18,20-21H,3-4,7-8,11-16H2,1-2H3,(H2,26,28,29,30);/q;+1/p-1. The van der Waals surface area contributed by atoms with Gasteiger partial charge in [0, 0.05) is 6.54 Å². The topological polar surface area (TPSA) is 90.2 Å². The van der Waals surface area contributed by atoms with E-state index in [-0.39, 0.29) is 47.4 Å². The number of carbonyl (C=O) groups is 2. The second-order valence-corrected chi connectivity index (χ2v) is 8.93. The van der Waals surface area contributed by atoms with E-state index in [0.29, 0.717) is 30.9 Å². The van der Waals surface area contributed by atoms with Gasteiger partial charge in [0.05, 0.1) is 18.9 Å². The second-order valence-electron chi connectivity index (χ2n) is 8.93. The number of ether oxygens (including phenoxy) is 2. The molecule has 1 aromatic carbocycles. The number of carboxylic acids is 1. The Morgan fingerprint density at radius 1 is 1.12 bits per heavy atom. The molecule has 1 aliphatic carbocycles. The van der Waals surface area contributed by atoms with E-state index in [1.807, 2.05) is 18.2 Å². The maximum absolute atomic E-state index is 12.2. The third kappa shape index (κ3) is 8.96. The van der Waals surface area contributed by atoms with E-state index in [4.69, 9.17) is 14.6 Å². The molecule has 1 heterocycles. The number of hydrogen-bond donors (Lipinski definition) is 1. The van der Waals surface area contributed by atoms with Crippen LogP contribution in [0.5, 0.6) is 11.5 Å². The number of nitrogens with zero attached hydrogens (tertiary/aromatic N) is 2. The maximum atomic E-state index is 12.2. The molecule has 0 bridgehead atoms. The summed E-state index contributed by atoms with van der Waals surface area (Å²) >= 11 is 0. The van der Waals surface area contributed by atoms with Crippen LogP contribution >= 0.6 is 0 Å². The Morgan fingerprint density at radius 3 is 2.45 bits per heavy atom. The molecule has 1 aromatic rings. The summed E-state index contributed by atoms with van der Waals surface area (Å²) in [6, 6.07) is 5.74. The van der Waals surface area contributed by atoms with Gasteiger partial charge in [-0.05, 0) is 55.6 Å². The Bertz CT molecular complexity index is 800. The van der Waals surface area contributed by atoms with Crippen molar-refractivity contribution in [2.75, 3.05) is 33.4 Å². The molecule has 1 saturated carbocycles. The Labute approximate surface area is 219 Å². The molecule has 0 aromatic heterocycles. The largest absolute Gasteiger partial charge is 1.00 e. The van der Waals surface area contributed by atoms with E-state index in [1.165, 1.54) is 6.08 Å². The Kier molecular flexibility index (Phi) is 11.7. The van der Waals surface area contributed by atoms with Crippen LogP contribution in [-0.4, -0.2) is 61.3 Å². The van der Waals surface area contributed by atoms with Crippen molar-refractivity contribution >= 4 is 18.0 Å². The quantitative estimate of drug-likeness (QED) is 0.437. The smallest absolute Gasteiger partial charge is 0.647 e. The minimum atomic E-state index is -0.696. The SMILES string of the molecule is COc1cc(C=CC(=O)[N-]C2CCC(C)CC2)ccc1OCCN1CCC(C(=O)O)CC1.[Na+]. The Balaban J connectivity index is 0.00000385. The first-order valence-electron chi connectivity index (χ1n) is 11.6. The molecule has 1 amide bonds. The van der Waals surface area contributed by atoms with Crippen molar-refractivity contribution in [1.29, 1.82) is 0 Å².